The van der Waals surface area contributed by atoms with Gasteiger partial charge in [-0.15, -0.1) is 0 Å². The number of nitrogens with one attached hydrogen (secondary N) is 1. The predicted octanol–water partition coefficient (Wildman–Crippen LogP) is 5.96. The van der Waals surface area contributed by atoms with Crippen LogP contribution in [-0.4, -0.2) is 18.2 Å². The van der Waals surface area contributed by atoms with Crippen molar-refractivity contribution in [3.8, 4) is 5.75 Å². The Morgan fingerprint density at radius 2 is 1.88 bits per heavy atom. The van der Waals surface area contributed by atoms with E-state index in [0.717, 1.165) is 19.1 Å². The number of anilines is 1. The molecule has 0 saturated carbocycles. The summed E-state index contributed by atoms with van der Waals surface area (Å²) in [7, 11) is 0. The summed E-state index contributed by atoms with van der Waals surface area (Å²) >= 11 is 8.60. The highest BCUT2D eigenvalue weighted by Gasteiger charge is 2.38. The van der Waals surface area contributed by atoms with Gasteiger partial charge in [0.05, 0.1) is 20.7 Å². The van der Waals surface area contributed by atoms with Crippen LogP contribution in [-0.2, 0) is 0 Å². The third-order valence-electron chi connectivity index (χ3n) is 3.23. The highest BCUT2D eigenvalue weighted by atomic mass is 79.9. The maximum atomic E-state index is 13.8. The number of hydrogen-bond donors (Lipinski definition) is 1. The molecule has 1 atom stereocenters. The van der Waals surface area contributed by atoms with Crippen molar-refractivity contribution in [2.45, 2.75) is 19.2 Å². The fourth-order valence-electron chi connectivity index (χ4n) is 1.86. The number of alkyl halides is 3. The summed E-state index contributed by atoms with van der Waals surface area (Å²) < 4.78 is 70.3. The molecular formula is C16H10BrClF5NO2. The Bertz CT molecular complexity index is 824. The number of benzene rings is 2. The highest BCUT2D eigenvalue weighted by Crippen LogP contribution is 2.32. The van der Waals surface area contributed by atoms with Gasteiger partial charge in [0, 0.05) is 0 Å². The molecule has 0 aliphatic carbocycles. The molecule has 0 aliphatic heterocycles. The molecule has 2 aromatic carbocycles. The van der Waals surface area contributed by atoms with Gasteiger partial charge in [0.25, 0.3) is 5.91 Å². The molecular weight excluding hydrogens is 449 g/mol. The number of carbonyl (C=O) groups excluding carboxylic acids is 1. The van der Waals surface area contributed by atoms with Gasteiger partial charge in [0.1, 0.15) is 17.4 Å². The summed E-state index contributed by atoms with van der Waals surface area (Å²) in [5.74, 6) is -3.41. The van der Waals surface area contributed by atoms with E-state index in [1.54, 1.807) is 0 Å². The lowest BCUT2D eigenvalue weighted by Crippen LogP contribution is -2.32. The Hall–Kier alpha value is -1.87. The van der Waals surface area contributed by atoms with E-state index < -0.39 is 46.8 Å². The standard InChI is InChI=1S/C16H10BrClF5NO2/c1-7(16(21,22)23)26-13-6-9(17)12(20)5-8(13)15(25)24-14-10(18)3-2-4-11(14)19/h2-7H,1H3,(H,24,25). The van der Waals surface area contributed by atoms with Gasteiger partial charge in [-0.25, -0.2) is 8.78 Å². The predicted molar refractivity (Wildman–Crippen MR) is 89.6 cm³/mol. The lowest BCUT2D eigenvalue weighted by molar-refractivity contribution is -0.189. The van der Waals surface area contributed by atoms with Crippen LogP contribution in [0.2, 0.25) is 5.02 Å². The molecule has 0 fully saturated rings. The minimum atomic E-state index is -4.70. The van der Waals surface area contributed by atoms with Crippen LogP contribution in [0.1, 0.15) is 17.3 Å². The van der Waals surface area contributed by atoms with Crippen molar-refractivity contribution in [1.82, 2.24) is 0 Å². The third-order valence-corrected chi connectivity index (χ3v) is 4.16. The maximum absolute atomic E-state index is 13.8. The quantitative estimate of drug-likeness (QED) is 0.574. The van der Waals surface area contributed by atoms with E-state index in [2.05, 4.69) is 21.2 Å². The van der Waals surface area contributed by atoms with Crippen LogP contribution in [0.5, 0.6) is 5.75 Å². The first-order valence-electron chi connectivity index (χ1n) is 6.98. The Morgan fingerprint density at radius 1 is 1.23 bits per heavy atom. The number of halogens is 7. The normalized spacial score (nSPS) is 12.6. The average Bonchev–Trinajstić information content (AvgIpc) is 2.53. The topological polar surface area (TPSA) is 38.3 Å². The highest BCUT2D eigenvalue weighted by molar-refractivity contribution is 9.10. The number of hydrogen-bond acceptors (Lipinski definition) is 2. The zero-order valence-electron chi connectivity index (χ0n) is 12.9. The first-order chi connectivity index (χ1) is 12.0. The van der Waals surface area contributed by atoms with E-state index in [4.69, 9.17) is 16.3 Å². The minimum Gasteiger partial charge on any atom is -0.480 e. The zero-order chi connectivity index (χ0) is 19.6. The average molecular weight is 459 g/mol. The molecule has 1 unspecified atom stereocenters. The minimum absolute atomic E-state index is 0.137. The number of para-hydroxylation sites is 1. The summed E-state index contributed by atoms with van der Waals surface area (Å²) in [5, 5.41) is 1.97. The molecule has 140 valence electrons. The van der Waals surface area contributed by atoms with Gasteiger partial charge in [-0.2, -0.15) is 13.2 Å². The van der Waals surface area contributed by atoms with Gasteiger partial charge in [-0.1, -0.05) is 17.7 Å². The van der Waals surface area contributed by atoms with Crippen molar-refractivity contribution >= 4 is 39.1 Å². The molecule has 0 aromatic heterocycles. The first-order valence-corrected chi connectivity index (χ1v) is 8.15. The van der Waals surface area contributed by atoms with Crippen LogP contribution in [0.3, 0.4) is 0 Å². The van der Waals surface area contributed by atoms with Gasteiger partial charge in [0.2, 0.25) is 0 Å². The molecule has 0 radical (unpaired) electrons. The lowest BCUT2D eigenvalue weighted by atomic mass is 10.1. The number of ether oxygens (including phenoxy) is 1. The molecule has 3 nitrogen and oxygen atoms in total. The summed E-state index contributed by atoms with van der Waals surface area (Å²) in [6.07, 6.45) is -6.97. The number of rotatable bonds is 4. The van der Waals surface area contributed by atoms with Crippen LogP contribution in [0.25, 0.3) is 0 Å². The van der Waals surface area contributed by atoms with E-state index in [0.29, 0.717) is 6.07 Å². The third kappa shape index (κ3) is 4.64. The molecule has 26 heavy (non-hydrogen) atoms. The summed E-state index contributed by atoms with van der Waals surface area (Å²) in [4.78, 5) is 12.4. The van der Waals surface area contributed by atoms with Crippen molar-refractivity contribution < 1.29 is 31.5 Å². The monoisotopic (exact) mass is 457 g/mol. The van der Waals surface area contributed by atoms with Crippen molar-refractivity contribution in [2.24, 2.45) is 0 Å². The first kappa shape index (κ1) is 20.4. The Kier molecular flexibility index (Phi) is 6.13. The van der Waals surface area contributed by atoms with Crippen LogP contribution >= 0.6 is 27.5 Å². The van der Waals surface area contributed by atoms with Crippen molar-refractivity contribution in [2.75, 3.05) is 5.32 Å². The van der Waals surface area contributed by atoms with Crippen LogP contribution in [0.15, 0.2) is 34.8 Å². The molecule has 0 spiro atoms. The zero-order valence-corrected chi connectivity index (χ0v) is 15.3. The summed E-state index contributed by atoms with van der Waals surface area (Å²) in [6, 6.07) is 5.17. The maximum Gasteiger partial charge on any atom is 0.425 e. The molecule has 0 bridgehead atoms. The number of carbonyl (C=O) groups is 1. The smallest absolute Gasteiger partial charge is 0.425 e. The summed E-state index contributed by atoms with van der Waals surface area (Å²) in [5.41, 5.74) is -0.946. The lowest BCUT2D eigenvalue weighted by Gasteiger charge is -2.20. The number of amides is 1. The van der Waals surface area contributed by atoms with Gasteiger partial charge in [-0.3, -0.25) is 4.79 Å². The van der Waals surface area contributed by atoms with E-state index in [-0.39, 0.29) is 9.50 Å². The van der Waals surface area contributed by atoms with Crippen molar-refractivity contribution in [3.63, 3.8) is 0 Å². The van der Waals surface area contributed by atoms with Crippen LogP contribution < -0.4 is 10.1 Å². The molecule has 2 aromatic rings. The largest absolute Gasteiger partial charge is 0.480 e. The molecule has 0 aliphatic rings. The fourth-order valence-corrected chi connectivity index (χ4v) is 2.39. The Labute approximate surface area is 158 Å². The van der Waals surface area contributed by atoms with E-state index in [9.17, 15) is 26.7 Å². The second-order valence-electron chi connectivity index (χ2n) is 5.11. The fraction of sp³-hybridized carbons (Fsp3) is 0.188. The van der Waals surface area contributed by atoms with Gasteiger partial charge in [-0.05, 0) is 47.1 Å². The molecule has 2 rings (SSSR count). The van der Waals surface area contributed by atoms with E-state index >= 15 is 0 Å². The summed E-state index contributed by atoms with van der Waals surface area (Å²) in [6.45, 7) is 0.729. The second kappa shape index (κ2) is 7.79. The molecule has 0 heterocycles. The SMILES string of the molecule is CC(Oc1cc(Br)c(F)cc1C(=O)Nc1c(F)cccc1Cl)C(F)(F)F. The molecule has 0 saturated heterocycles. The van der Waals surface area contributed by atoms with Crippen LogP contribution in [0.4, 0.5) is 27.6 Å². The van der Waals surface area contributed by atoms with E-state index in [1.807, 2.05) is 0 Å². The Morgan fingerprint density at radius 3 is 2.46 bits per heavy atom. The molecule has 1 amide bonds. The van der Waals surface area contributed by atoms with Crippen molar-refractivity contribution in [3.05, 3.63) is 57.0 Å². The molecule has 1 N–H and O–H groups in total. The molecule has 10 heteroatoms. The van der Waals surface area contributed by atoms with Gasteiger partial charge in [0.15, 0.2) is 6.10 Å². The van der Waals surface area contributed by atoms with E-state index in [1.165, 1.54) is 12.1 Å². The second-order valence-corrected chi connectivity index (χ2v) is 6.38. The van der Waals surface area contributed by atoms with Crippen LogP contribution in [0, 0.1) is 11.6 Å². The van der Waals surface area contributed by atoms with Gasteiger partial charge < -0.3 is 10.1 Å². The Balaban J connectivity index is 2.41. The van der Waals surface area contributed by atoms with Gasteiger partial charge >= 0.3 is 6.18 Å². The van der Waals surface area contributed by atoms with Crippen molar-refractivity contribution in [1.29, 1.82) is 0 Å².